The third kappa shape index (κ3) is 3.81. The maximum atomic E-state index is 11.5. The zero-order valence-corrected chi connectivity index (χ0v) is 13.2. The number of hydrogen-bond donors (Lipinski definition) is 0. The van der Waals surface area contributed by atoms with Gasteiger partial charge in [-0.2, -0.15) is 0 Å². The van der Waals surface area contributed by atoms with Crippen LogP contribution in [0.2, 0.25) is 0 Å². The van der Waals surface area contributed by atoms with Gasteiger partial charge in [0.2, 0.25) is 0 Å². The molecule has 0 unspecified atom stereocenters. The van der Waals surface area contributed by atoms with E-state index < -0.39 is 9.84 Å². The summed E-state index contributed by atoms with van der Waals surface area (Å²) in [4.78, 5) is 2.81. The van der Waals surface area contributed by atoms with Crippen molar-refractivity contribution < 1.29 is 13.2 Å². The van der Waals surface area contributed by atoms with Crippen molar-refractivity contribution in [1.29, 1.82) is 0 Å². The molecule has 2 rings (SSSR count). The number of hydrogen-bond acceptors (Lipinski definition) is 4. The molecular formula is C15H23NO3S. The Balaban J connectivity index is 2.08. The van der Waals surface area contributed by atoms with Crippen LogP contribution in [-0.4, -0.2) is 51.4 Å². The molecule has 4 nitrogen and oxygen atoms in total. The predicted molar refractivity (Wildman–Crippen MR) is 79.7 cm³/mol. The highest BCUT2D eigenvalue weighted by atomic mass is 32.2. The summed E-state index contributed by atoms with van der Waals surface area (Å²) < 4.78 is 28.3. The number of nitrogens with zero attached hydrogens (tertiary/aromatic N) is 1. The third-order valence-corrected chi connectivity index (χ3v) is 4.98. The van der Waals surface area contributed by atoms with E-state index in [-0.39, 0.29) is 5.54 Å². The molecule has 0 aliphatic carbocycles. The molecule has 0 bridgehead atoms. The van der Waals surface area contributed by atoms with Gasteiger partial charge in [-0.05, 0) is 38.0 Å². The van der Waals surface area contributed by atoms with Crippen LogP contribution in [0.1, 0.15) is 19.4 Å². The largest absolute Gasteiger partial charge is 0.379 e. The van der Waals surface area contributed by atoms with E-state index in [0.717, 1.165) is 38.3 Å². The van der Waals surface area contributed by atoms with Gasteiger partial charge in [0, 0.05) is 24.9 Å². The highest BCUT2D eigenvalue weighted by molar-refractivity contribution is 7.90. The fourth-order valence-corrected chi connectivity index (χ4v) is 3.26. The van der Waals surface area contributed by atoms with Crippen molar-refractivity contribution in [3.63, 3.8) is 0 Å². The highest BCUT2D eigenvalue weighted by Gasteiger charge is 2.28. The molecule has 0 atom stereocenters. The van der Waals surface area contributed by atoms with E-state index in [1.165, 1.54) is 6.26 Å². The minimum atomic E-state index is -3.11. The van der Waals surface area contributed by atoms with Crippen LogP contribution in [-0.2, 0) is 21.0 Å². The van der Waals surface area contributed by atoms with Gasteiger partial charge in [-0.1, -0.05) is 12.1 Å². The first-order valence-electron chi connectivity index (χ1n) is 6.91. The molecular weight excluding hydrogens is 274 g/mol. The third-order valence-electron chi connectivity index (χ3n) is 3.86. The molecule has 1 fully saturated rings. The smallest absolute Gasteiger partial charge is 0.175 e. The molecule has 0 saturated carbocycles. The number of morpholine rings is 1. The average molecular weight is 297 g/mol. The maximum absolute atomic E-state index is 11.5. The summed E-state index contributed by atoms with van der Waals surface area (Å²) in [6.07, 6.45) is 2.14. The first kappa shape index (κ1) is 15.5. The van der Waals surface area contributed by atoms with Gasteiger partial charge in [-0.15, -0.1) is 0 Å². The fraction of sp³-hybridized carbons (Fsp3) is 0.600. The summed E-state index contributed by atoms with van der Waals surface area (Å²) in [7, 11) is -3.11. The van der Waals surface area contributed by atoms with E-state index in [2.05, 4.69) is 18.7 Å². The molecule has 0 spiro atoms. The molecule has 1 heterocycles. The first-order chi connectivity index (χ1) is 9.29. The summed E-state index contributed by atoms with van der Waals surface area (Å²) in [6, 6.07) is 7.22. The lowest BCUT2D eigenvalue weighted by molar-refractivity contribution is -0.00984. The predicted octanol–water partition coefficient (Wildman–Crippen LogP) is 1.74. The molecule has 1 aliphatic rings. The van der Waals surface area contributed by atoms with Gasteiger partial charge >= 0.3 is 0 Å². The van der Waals surface area contributed by atoms with Crippen LogP contribution >= 0.6 is 0 Å². The number of ether oxygens (including phenoxy) is 1. The summed E-state index contributed by atoms with van der Waals surface area (Å²) in [6.45, 7) is 7.93. The molecule has 112 valence electrons. The van der Waals surface area contributed by atoms with Crippen LogP contribution in [0.15, 0.2) is 29.2 Å². The van der Waals surface area contributed by atoms with Crippen LogP contribution in [0, 0.1) is 0 Å². The number of rotatable bonds is 4. The van der Waals surface area contributed by atoms with Crippen LogP contribution in [0.3, 0.4) is 0 Å². The second kappa shape index (κ2) is 5.84. The van der Waals surface area contributed by atoms with E-state index in [9.17, 15) is 8.42 Å². The van der Waals surface area contributed by atoms with Gasteiger partial charge in [0.15, 0.2) is 9.84 Å². The molecule has 1 saturated heterocycles. The number of sulfone groups is 1. The summed E-state index contributed by atoms with van der Waals surface area (Å²) in [5.41, 5.74) is 1.21. The van der Waals surface area contributed by atoms with Crippen molar-refractivity contribution in [2.24, 2.45) is 0 Å². The highest BCUT2D eigenvalue weighted by Crippen LogP contribution is 2.22. The quantitative estimate of drug-likeness (QED) is 0.849. The minimum absolute atomic E-state index is 0.0520. The fourth-order valence-electron chi connectivity index (χ4n) is 2.63. The van der Waals surface area contributed by atoms with Crippen molar-refractivity contribution in [1.82, 2.24) is 4.90 Å². The zero-order chi connectivity index (χ0) is 14.8. The van der Waals surface area contributed by atoms with Crippen LogP contribution in [0.4, 0.5) is 0 Å². The van der Waals surface area contributed by atoms with E-state index in [4.69, 9.17) is 4.74 Å². The molecule has 0 N–H and O–H groups in total. The Morgan fingerprint density at radius 1 is 1.15 bits per heavy atom. The Labute approximate surface area is 121 Å². The van der Waals surface area contributed by atoms with Gasteiger partial charge in [-0.25, -0.2) is 8.42 Å². The summed E-state index contributed by atoms with van der Waals surface area (Å²) in [5.74, 6) is 0. The molecule has 0 radical (unpaired) electrons. The van der Waals surface area contributed by atoms with Crippen molar-refractivity contribution in [2.75, 3.05) is 32.6 Å². The number of benzene rings is 1. The van der Waals surface area contributed by atoms with Gasteiger partial charge < -0.3 is 4.74 Å². The lowest BCUT2D eigenvalue weighted by Gasteiger charge is -2.41. The molecule has 1 aromatic carbocycles. The second-order valence-corrected chi connectivity index (χ2v) is 8.02. The Bertz CT molecular complexity index is 543. The van der Waals surface area contributed by atoms with E-state index in [0.29, 0.717) is 4.90 Å². The van der Waals surface area contributed by atoms with Crippen molar-refractivity contribution >= 4 is 9.84 Å². The lowest BCUT2D eigenvalue weighted by atomic mass is 9.92. The topological polar surface area (TPSA) is 46.6 Å². The molecule has 1 aliphatic heterocycles. The van der Waals surface area contributed by atoms with Crippen LogP contribution in [0.25, 0.3) is 0 Å². The Kier molecular flexibility index (Phi) is 4.52. The van der Waals surface area contributed by atoms with Crippen molar-refractivity contribution in [3.05, 3.63) is 29.8 Å². The van der Waals surface area contributed by atoms with Crippen molar-refractivity contribution in [2.45, 2.75) is 30.7 Å². The van der Waals surface area contributed by atoms with Crippen LogP contribution < -0.4 is 0 Å². The molecule has 0 amide bonds. The monoisotopic (exact) mass is 297 g/mol. The SMILES string of the molecule is CC(C)(Cc1ccc(S(C)(=O)=O)cc1)N1CCOCC1. The van der Waals surface area contributed by atoms with E-state index in [1.807, 2.05) is 12.1 Å². The zero-order valence-electron chi connectivity index (χ0n) is 12.4. The summed E-state index contributed by atoms with van der Waals surface area (Å²) >= 11 is 0. The normalized spacial score (nSPS) is 18.1. The van der Waals surface area contributed by atoms with Gasteiger partial charge in [0.05, 0.1) is 18.1 Å². The van der Waals surface area contributed by atoms with Gasteiger partial charge in [-0.3, -0.25) is 4.90 Å². The molecule has 5 heteroatoms. The Morgan fingerprint density at radius 2 is 1.70 bits per heavy atom. The minimum Gasteiger partial charge on any atom is -0.379 e. The van der Waals surface area contributed by atoms with Gasteiger partial charge in [0.25, 0.3) is 0 Å². The maximum Gasteiger partial charge on any atom is 0.175 e. The molecule has 1 aromatic rings. The van der Waals surface area contributed by atoms with Crippen molar-refractivity contribution in [3.8, 4) is 0 Å². The Morgan fingerprint density at radius 3 is 2.20 bits per heavy atom. The van der Waals surface area contributed by atoms with Gasteiger partial charge in [0.1, 0.15) is 0 Å². The Hall–Kier alpha value is -0.910. The van der Waals surface area contributed by atoms with E-state index >= 15 is 0 Å². The first-order valence-corrected chi connectivity index (χ1v) is 8.80. The lowest BCUT2D eigenvalue weighted by Crippen LogP contribution is -2.51. The summed E-state index contributed by atoms with van der Waals surface area (Å²) in [5, 5.41) is 0. The van der Waals surface area contributed by atoms with E-state index in [1.54, 1.807) is 12.1 Å². The average Bonchev–Trinajstić information content (AvgIpc) is 2.39. The standard InChI is InChI=1S/C15H23NO3S/c1-15(2,16-8-10-19-11-9-16)12-13-4-6-14(7-5-13)20(3,17)18/h4-7H,8-12H2,1-3H3. The second-order valence-electron chi connectivity index (χ2n) is 6.00. The molecule has 0 aromatic heterocycles. The molecule has 20 heavy (non-hydrogen) atoms. The van der Waals surface area contributed by atoms with Crippen LogP contribution in [0.5, 0.6) is 0 Å².